The molecule has 1 fully saturated rings. The van der Waals surface area contributed by atoms with Crippen molar-refractivity contribution in [1.82, 2.24) is 15.3 Å². The molecule has 3 aromatic rings. The maximum absolute atomic E-state index is 14.3. The molecule has 0 spiro atoms. The third-order valence-corrected chi connectivity index (χ3v) is 8.75. The molecule has 1 saturated heterocycles. The van der Waals surface area contributed by atoms with Crippen LogP contribution in [0.3, 0.4) is 0 Å². The number of carbonyl (C=O) groups excluding carboxylic acids is 2. The van der Waals surface area contributed by atoms with Crippen molar-refractivity contribution in [3.05, 3.63) is 83.4 Å². The van der Waals surface area contributed by atoms with Gasteiger partial charge in [0, 0.05) is 37.3 Å². The molecule has 1 aromatic carbocycles. The highest BCUT2D eigenvalue weighted by atomic mass is 32.2. The Morgan fingerprint density at radius 2 is 1.38 bits per heavy atom. The Morgan fingerprint density at radius 3 is 1.80 bits per heavy atom. The smallest absolute Gasteiger partial charge is 0.325 e. The molecule has 3 amide bonds. The number of nitrogens with zero attached hydrogens (tertiary/aromatic N) is 3. The molecule has 40 heavy (non-hydrogen) atoms. The van der Waals surface area contributed by atoms with Crippen LogP contribution in [0.2, 0.25) is 0 Å². The first kappa shape index (κ1) is 29.1. The molecule has 0 saturated carbocycles. The number of rotatable bonds is 8. The zero-order valence-corrected chi connectivity index (χ0v) is 22.3. The predicted octanol–water partition coefficient (Wildman–Crippen LogP) is 3.09. The number of urea groups is 1. The van der Waals surface area contributed by atoms with Crippen LogP contribution in [0.5, 0.6) is 0 Å². The molecule has 0 bridgehead atoms. The number of sulfone groups is 1. The van der Waals surface area contributed by atoms with E-state index in [9.17, 15) is 31.2 Å². The number of imide groups is 1. The maximum atomic E-state index is 14.3. The van der Waals surface area contributed by atoms with Gasteiger partial charge in [0.1, 0.15) is 5.54 Å². The van der Waals surface area contributed by atoms with Crippen LogP contribution in [-0.2, 0) is 27.7 Å². The molecule has 14 heteroatoms. The SMILES string of the molecule is CC(c1ccnc(CN)c1)C1(C(C)c2ccnc(CN)c2)NC(=O)N(c2ccc(S(=O)(=O)C(F)(F)F)cc2)C1=O. The van der Waals surface area contributed by atoms with E-state index < -0.39 is 49.6 Å². The second kappa shape index (κ2) is 10.6. The number of hydrogen-bond donors (Lipinski definition) is 3. The number of hydrogen-bond acceptors (Lipinski definition) is 8. The summed E-state index contributed by atoms with van der Waals surface area (Å²) in [5, 5.41) is 2.84. The molecule has 212 valence electrons. The summed E-state index contributed by atoms with van der Waals surface area (Å²) in [7, 11) is -5.62. The first-order valence-corrected chi connectivity index (χ1v) is 13.6. The van der Waals surface area contributed by atoms with E-state index in [1.165, 1.54) is 0 Å². The van der Waals surface area contributed by atoms with E-state index in [-0.39, 0.29) is 18.8 Å². The number of anilines is 1. The first-order valence-electron chi connectivity index (χ1n) is 12.2. The van der Waals surface area contributed by atoms with Gasteiger partial charge in [0.05, 0.1) is 22.0 Å². The van der Waals surface area contributed by atoms with E-state index in [1.54, 1.807) is 50.5 Å². The summed E-state index contributed by atoms with van der Waals surface area (Å²) < 4.78 is 62.6. The Bertz CT molecular complexity index is 1490. The number of nitrogens with two attached hydrogens (primary N) is 2. The van der Waals surface area contributed by atoms with Gasteiger partial charge in [-0.2, -0.15) is 13.2 Å². The van der Waals surface area contributed by atoms with Crippen LogP contribution in [0, 0.1) is 0 Å². The summed E-state index contributed by atoms with van der Waals surface area (Å²) in [5.74, 6) is -1.96. The van der Waals surface area contributed by atoms with E-state index in [2.05, 4.69) is 15.3 Å². The molecule has 2 atom stereocenters. The van der Waals surface area contributed by atoms with Crippen LogP contribution in [0.25, 0.3) is 0 Å². The standard InChI is InChI=1S/C26H27F3N6O4S/c1-15(17-7-9-32-19(11-17)13-30)25(16(2)18-8-10-33-20(12-18)14-31)23(36)35(24(37)34-25)21-3-5-22(6-4-21)40(38,39)26(27,28)29/h3-12,15-16H,13-14,30-31H2,1-2H3,(H,34,37). The lowest BCUT2D eigenvalue weighted by Crippen LogP contribution is -2.55. The molecular weight excluding hydrogens is 549 g/mol. The van der Waals surface area contributed by atoms with Crippen molar-refractivity contribution < 1.29 is 31.2 Å². The molecule has 5 N–H and O–H groups in total. The van der Waals surface area contributed by atoms with Gasteiger partial charge in [-0.05, 0) is 59.7 Å². The summed E-state index contributed by atoms with van der Waals surface area (Å²) in [6.45, 7) is 3.82. The predicted molar refractivity (Wildman–Crippen MR) is 140 cm³/mol. The highest BCUT2D eigenvalue weighted by Crippen LogP contribution is 2.45. The highest BCUT2D eigenvalue weighted by molar-refractivity contribution is 7.92. The minimum Gasteiger partial charge on any atom is -0.325 e. The number of benzene rings is 1. The normalized spacial score (nSPS) is 19.4. The molecular formula is C26H27F3N6O4S. The van der Waals surface area contributed by atoms with Crippen LogP contribution < -0.4 is 21.7 Å². The molecule has 2 unspecified atom stereocenters. The number of amides is 3. The van der Waals surface area contributed by atoms with Gasteiger partial charge in [-0.1, -0.05) is 13.8 Å². The second-order valence-corrected chi connectivity index (χ2v) is 11.3. The van der Waals surface area contributed by atoms with Crippen LogP contribution in [0.15, 0.2) is 65.8 Å². The summed E-state index contributed by atoms with van der Waals surface area (Å²) in [6.07, 6.45) is 3.09. The van der Waals surface area contributed by atoms with Crippen molar-refractivity contribution in [2.24, 2.45) is 11.5 Å². The van der Waals surface area contributed by atoms with Gasteiger partial charge in [0.2, 0.25) is 0 Å². The van der Waals surface area contributed by atoms with Crippen molar-refractivity contribution >= 4 is 27.5 Å². The Kier molecular flexibility index (Phi) is 7.71. The van der Waals surface area contributed by atoms with Gasteiger partial charge >= 0.3 is 11.5 Å². The highest BCUT2D eigenvalue weighted by Gasteiger charge is 2.59. The first-order chi connectivity index (χ1) is 18.8. The monoisotopic (exact) mass is 576 g/mol. The zero-order valence-electron chi connectivity index (χ0n) is 21.5. The van der Waals surface area contributed by atoms with Gasteiger partial charge in [0.25, 0.3) is 15.7 Å². The molecule has 0 aliphatic carbocycles. The van der Waals surface area contributed by atoms with Crippen LogP contribution in [0.4, 0.5) is 23.7 Å². The summed E-state index contributed by atoms with van der Waals surface area (Å²) in [5.41, 5.74) is 6.82. The molecule has 0 radical (unpaired) electrons. The van der Waals surface area contributed by atoms with E-state index in [1.807, 2.05) is 0 Å². The van der Waals surface area contributed by atoms with Crippen molar-refractivity contribution in [1.29, 1.82) is 0 Å². The number of aromatic nitrogens is 2. The largest absolute Gasteiger partial charge is 0.501 e. The number of alkyl halides is 3. The number of halogens is 3. The Morgan fingerprint density at radius 1 is 0.900 bits per heavy atom. The Labute approximate surface area is 228 Å². The van der Waals surface area contributed by atoms with Gasteiger partial charge in [-0.15, -0.1) is 0 Å². The number of pyridine rings is 2. The fourth-order valence-corrected chi connectivity index (χ4v) is 5.71. The third-order valence-electron chi connectivity index (χ3n) is 7.25. The van der Waals surface area contributed by atoms with Gasteiger partial charge in [-0.25, -0.2) is 18.1 Å². The Hall–Kier alpha value is -3.88. The van der Waals surface area contributed by atoms with Crippen molar-refractivity contribution in [3.63, 3.8) is 0 Å². The average molecular weight is 577 g/mol. The Balaban J connectivity index is 1.83. The fraction of sp³-hybridized carbons (Fsp3) is 0.308. The van der Waals surface area contributed by atoms with E-state index in [0.717, 1.165) is 17.0 Å². The van der Waals surface area contributed by atoms with Crippen LogP contribution >= 0.6 is 0 Å². The maximum Gasteiger partial charge on any atom is 0.501 e. The van der Waals surface area contributed by atoms with E-state index in [4.69, 9.17) is 11.5 Å². The topological polar surface area (TPSA) is 161 Å². The third kappa shape index (κ3) is 4.82. The zero-order chi connectivity index (χ0) is 29.5. The second-order valence-electron chi connectivity index (χ2n) is 9.40. The molecule has 4 rings (SSSR count). The lowest BCUT2D eigenvalue weighted by molar-refractivity contribution is -0.123. The average Bonchev–Trinajstić information content (AvgIpc) is 3.21. The molecule has 1 aliphatic rings. The molecule has 3 heterocycles. The summed E-state index contributed by atoms with van der Waals surface area (Å²) in [4.78, 5) is 35.9. The van der Waals surface area contributed by atoms with Gasteiger partial charge < -0.3 is 16.8 Å². The van der Waals surface area contributed by atoms with Crippen molar-refractivity contribution in [2.75, 3.05) is 4.90 Å². The lowest BCUT2D eigenvalue weighted by Gasteiger charge is -2.39. The summed E-state index contributed by atoms with van der Waals surface area (Å²) in [6, 6.07) is 9.43. The molecule has 2 aromatic heterocycles. The van der Waals surface area contributed by atoms with Gasteiger partial charge in [0.15, 0.2) is 0 Å². The number of carbonyl (C=O) groups is 2. The quantitative estimate of drug-likeness (QED) is 0.345. The van der Waals surface area contributed by atoms with Crippen LogP contribution in [0.1, 0.15) is 48.2 Å². The van der Waals surface area contributed by atoms with E-state index in [0.29, 0.717) is 34.6 Å². The minimum absolute atomic E-state index is 0.0975. The van der Waals surface area contributed by atoms with Crippen LogP contribution in [-0.4, -0.2) is 41.4 Å². The minimum atomic E-state index is -5.62. The van der Waals surface area contributed by atoms with Gasteiger partial charge in [-0.3, -0.25) is 14.8 Å². The molecule has 10 nitrogen and oxygen atoms in total. The van der Waals surface area contributed by atoms with Crippen molar-refractivity contribution in [2.45, 2.75) is 54.7 Å². The fourth-order valence-electron chi connectivity index (χ4n) is 4.95. The number of nitrogens with one attached hydrogen (secondary N) is 1. The van der Waals surface area contributed by atoms with E-state index >= 15 is 0 Å². The van der Waals surface area contributed by atoms with Crippen molar-refractivity contribution in [3.8, 4) is 0 Å². The summed E-state index contributed by atoms with van der Waals surface area (Å²) >= 11 is 0. The molecule has 1 aliphatic heterocycles. The lowest BCUT2D eigenvalue weighted by atomic mass is 9.69.